The van der Waals surface area contributed by atoms with Crippen LogP contribution in [0.25, 0.3) is 0 Å². The minimum atomic E-state index is -3.31. The monoisotopic (exact) mass is 263 g/mol. The van der Waals surface area contributed by atoms with E-state index in [0.717, 1.165) is 0 Å². The first kappa shape index (κ1) is 14.4. The molecule has 1 aliphatic rings. The Labute approximate surface area is 103 Å². The molecule has 1 heterocycles. The van der Waals surface area contributed by atoms with E-state index in [1.807, 2.05) is 20.8 Å². The lowest BCUT2D eigenvalue weighted by Gasteiger charge is -2.33. The molecule has 0 aromatic rings. The molecule has 1 rings (SSSR count). The lowest BCUT2D eigenvalue weighted by atomic mass is 10.0. The maximum absolute atomic E-state index is 12.1. The van der Waals surface area contributed by atoms with E-state index in [2.05, 4.69) is 0 Å². The number of hydrogen-bond donors (Lipinski definition) is 2. The zero-order valence-electron chi connectivity index (χ0n) is 10.6. The first-order chi connectivity index (χ1) is 7.62. The number of rotatable bonds is 3. The van der Waals surface area contributed by atoms with Crippen LogP contribution in [0.1, 0.15) is 20.8 Å². The molecular formula is C10H21N3O3S. The molecule has 17 heavy (non-hydrogen) atoms. The van der Waals surface area contributed by atoms with Gasteiger partial charge in [-0.25, -0.2) is 8.42 Å². The Bertz CT molecular complexity index is 386. The van der Waals surface area contributed by atoms with Crippen LogP contribution in [0, 0.1) is 10.8 Å². The van der Waals surface area contributed by atoms with Gasteiger partial charge in [0.05, 0.1) is 12.4 Å². The largest absolute Gasteiger partial charge is 0.385 e. The second kappa shape index (κ2) is 4.91. The van der Waals surface area contributed by atoms with E-state index in [9.17, 15) is 8.42 Å². The fraction of sp³-hybridized carbons (Fsp3) is 0.900. The molecule has 0 aromatic carbocycles. The normalized spacial score (nSPS) is 23.6. The second-order valence-electron chi connectivity index (χ2n) is 5.49. The van der Waals surface area contributed by atoms with E-state index in [0.29, 0.717) is 6.54 Å². The highest BCUT2D eigenvalue weighted by Crippen LogP contribution is 2.20. The highest BCUT2D eigenvalue weighted by atomic mass is 32.2. The zero-order chi connectivity index (χ0) is 13.3. The molecule has 0 saturated carbocycles. The van der Waals surface area contributed by atoms with E-state index >= 15 is 0 Å². The first-order valence-electron chi connectivity index (χ1n) is 5.55. The summed E-state index contributed by atoms with van der Waals surface area (Å²) in [5.74, 6) is -0.0365. The summed E-state index contributed by atoms with van der Waals surface area (Å²) < 4.78 is 30.9. The number of ether oxygens (including phenoxy) is 1. The molecule has 0 amide bonds. The summed E-state index contributed by atoms with van der Waals surface area (Å²) in [5, 5.41) is 7.29. The number of sulfonamides is 1. The lowest BCUT2D eigenvalue weighted by molar-refractivity contribution is 0.0366. The third-order valence-electron chi connectivity index (χ3n) is 2.38. The van der Waals surface area contributed by atoms with Crippen molar-refractivity contribution in [3.05, 3.63) is 0 Å². The van der Waals surface area contributed by atoms with Crippen LogP contribution in [0.15, 0.2) is 0 Å². The van der Waals surface area contributed by atoms with Gasteiger partial charge in [0.25, 0.3) is 0 Å². The van der Waals surface area contributed by atoms with Crippen molar-refractivity contribution in [2.24, 2.45) is 11.1 Å². The highest BCUT2D eigenvalue weighted by Gasteiger charge is 2.33. The minimum Gasteiger partial charge on any atom is -0.385 e. The van der Waals surface area contributed by atoms with Crippen molar-refractivity contribution < 1.29 is 13.2 Å². The summed E-state index contributed by atoms with van der Waals surface area (Å²) in [4.78, 5) is 0. The van der Waals surface area contributed by atoms with Gasteiger partial charge in [-0.2, -0.15) is 4.31 Å². The number of hydrogen-bond acceptors (Lipinski definition) is 4. The third-order valence-corrected chi connectivity index (χ3v) is 4.73. The minimum absolute atomic E-state index is 0.0879. The van der Waals surface area contributed by atoms with Crippen LogP contribution in [-0.2, 0) is 14.8 Å². The summed E-state index contributed by atoms with van der Waals surface area (Å²) in [6.45, 7) is 6.41. The molecule has 6 nitrogen and oxygen atoms in total. The molecule has 0 bridgehead atoms. The van der Waals surface area contributed by atoms with Gasteiger partial charge in [0.2, 0.25) is 10.0 Å². The van der Waals surface area contributed by atoms with Crippen molar-refractivity contribution in [2.75, 3.05) is 25.4 Å². The number of nitrogens with two attached hydrogens (primary N) is 1. The van der Waals surface area contributed by atoms with Gasteiger partial charge >= 0.3 is 0 Å². The number of nitrogens with one attached hydrogen (secondary N) is 1. The molecule has 1 atom stereocenters. The molecular weight excluding hydrogens is 242 g/mol. The quantitative estimate of drug-likeness (QED) is 0.553. The van der Waals surface area contributed by atoms with E-state index in [1.165, 1.54) is 4.31 Å². The fourth-order valence-electron chi connectivity index (χ4n) is 1.70. The molecule has 0 aliphatic carbocycles. The summed E-state index contributed by atoms with van der Waals surface area (Å²) in [7, 11) is -3.31. The molecule has 0 aromatic heterocycles. The Balaban J connectivity index is 2.75. The smallest absolute Gasteiger partial charge is 0.214 e. The summed E-state index contributed by atoms with van der Waals surface area (Å²) in [6.07, 6.45) is -0.613. The standard InChI is InChI=1S/C10H21N3O3S/c1-10(2,3)7-17(14,15)13-4-5-16-8(6-13)9(11)12/h8H,4-7H2,1-3H3,(H3,11,12). The van der Waals surface area contributed by atoms with Crippen LogP contribution in [0.5, 0.6) is 0 Å². The predicted octanol–water partition coefficient (Wildman–Crippen LogP) is -0.000930. The average molecular weight is 263 g/mol. The molecule has 1 saturated heterocycles. The molecule has 3 N–H and O–H groups in total. The molecule has 100 valence electrons. The van der Waals surface area contributed by atoms with Crippen LogP contribution in [0.4, 0.5) is 0 Å². The van der Waals surface area contributed by atoms with Crippen LogP contribution in [-0.4, -0.2) is 50.1 Å². The maximum atomic E-state index is 12.1. The van der Waals surface area contributed by atoms with E-state index in [4.69, 9.17) is 15.9 Å². The molecule has 1 fully saturated rings. The summed E-state index contributed by atoms with van der Waals surface area (Å²) in [5.41, 5.74) is 5.05. The Kier molecular flexibility index (Phi) is 4.16. The fourth-order valence-corrected chi connectivity index (χ4v) is 3.70. The van der Waals surface area contributed by atoms with E-state index < -0.39 is 16.1 Å². The van der Waals surface area contributed by atoms with Crippen LogP contribution in [0.2, 0.25) is 0 Å². The van der Waals surface area contributed by atoms with E-state index in [1.54, 1.807) is 0 Å². The lowest BCUT2D eigenvalue weighted by Crippen LogP contribution is -2.51. The average Bonchev–Trinajstić information content (AvgIpc) is 2.14. The van der Waals surface area contributed by atoms with Crippen molar-refractivity contribution in [3.63, 3.8) is 0 Å². The van der Waals surface area contributed by atoms with Crippen LogP contribution in [0.3, 0.4) is 0 Å². The zero-order valence-corrected chi connectivity index (χ0v) is 11.4. The van der Waals surface area contributed by atoms with Crippen LogP contribution >= 0.6 is 0 Å². The summed E-state index contributed by atoms with van der Waals surface area (Å²) >= 11 is 0. The molecule has 1 unspecified atom stereocenters. The molecule has 7 heteroatoms. The van der Waals surface area contributed by atoms with Crippen molar-refractivity contribution in [1.82, 2.24) is 4.31 Å². The van der Waals surface area contributed by atoms with Crippen molar-refractivity contribution in [3.8, 4) is 0 Å². The van der Waals surface area contributed by atoms with Gasteiger partial charge in [0.1, 0.15) is 11.9 Å². The van der Waals surface area contributed by atoms with Gasteiger partial charge in [-0.05, 0) is 5.41 Å². The van der Waals surface area contributed by atoms with E-state index in [-0.39, 0.29) is 30.2 Å². The number of nitrogens with zero attached hydrogens (tertiary/aromatic N) is 1. The van der Waals surface area contributed by atoms with Gasteiger partial charge in [0.15, 0.2) is 0 Å². The topological polar surface area (TPSA) is 96.5 Å². The molecule has 0 radical (unpaired) electrons. The summed E-state index contributed by atoms with van der Waals surface area (Å²) in [6, 6.07) is 0. The third kappa shape index (κ3) is 4.25. The molecule has 1 aliphatic heterocycles. The predicted molar refractivity (Wildman–Crippen MR) is 66.5 cm³/mol. The van der Waals surface area contributed by atoms with Gasteiger partial charge in [-0.3, -0.25) is 5.41 Å². The molecule has 0 spiro atoms. The van der Waals surface area contributed by atoms with Gasteiger partial charge in [-0.1, -0.05) is 20.8 Å². The van der Waals surface area contributed by atoms with Crippen LogP contribution < -0.4 is 5.73 Å². The first-order valence-corrected chi connectivity index (χ1v) is 7.16. The van der Waals surface area contributed by atoms with Gasteiger partial charge in [-0.15, -0.1) is 0 Å². The van der Waals surface area contributed by atoms with Crippen molar-refractivity contribution in [2.45, 2.75) is 26.9 Å². The van der Waals surface area contributed by atoms with Gasteiger partial charge < -0.3 is 10.5 Å². The Morgan fingerprint density at radius 2 is 2.12 bits per heavy atom. The number of morpholine rings is 1. The Morgan fingerprint density at radius 1 is 1.53 bits per heavy atom. The van der Waals surface area contributed by atoms with Gasteiger partial charge in [0, 0.05) is 13.1 Å². The van der Waals surface area contributed by atoms with Crippen molar-refractivity contribution >= 4 is 15.9 Å². The Hall–Kier alpha value is -0.660. The second-order valence-corrected chi connectivity index (χ2v) is 7.46. The van der Waals surface area contributed by atoms with Crippen molar-refractivity contribution in [1.29, 1.82) is 5.41 Å². The SMILES string of the molecule is CC(C)(C)CS(=O)(=O)N1CCOC(C(=N)N)C1. The highest BCUT2D eigenvalue weighted by molar-refractivity contribution is 7.89. The number of amidine groups is 1. The Morgan fingerprint density at radius 3 is 2.59 bits per heavy atom. The maximum Gasteiger partial charge on any atom is 0.214 e.